The summed E-state index contributed by atoms with van der Waals surface area (Å²) >= 11 is 0. The fourth-order valence-electron chi connectivity index (χ4n) is 2.74. The van der Waals surface area contributed by atoms with Crippen molar-refractivity contribution in [1.29, 1.82) is 0 Å². The Labute approximate surface area is 172 Å². The summed E-state index contributed by atoms with van der Waals surface area (Å²) in [4.78, 5) is 4.11. The molecule has 0 bridgehead atoms. The molecule has 1 aliphatic heterocycles. The van der Waals surface area contributed by atoms with Crippen molar-refractivity contribution in [2.24, 2.45) is 4.99 Å². The number of hydrogen-bond donors (Lipinski definition) is 2. The van der Waals surface area contributed by atoms with Crippen molar-refractivity contribution >= 4 is 5.96 Å². The van der Waals surface area contributed by atoms with Crippen LogP contribution in [0.15, 0.2) is 41.4 Å². The molecule has 0 aliphatic carbocycles. The number of hydrogen-bond acceptors (Lipinski definition) is 6. The molecule has 2 aromatic carbocycles. The second-order valence-electron chi connectivity index (χ2n) is 6.07. The molecule has 8 nitrogen and oxygen atoms in total. The van der Waals surface area contributed by atoms with Gasteiger partial charge in [-0.2, -0.15) is 8.78 Å². The Bertz CT molecular complexity index is 880. The molecule has 0 saturated carbocycles. The molecular weight excluding hydrogens is 400 g/mol. The van der Waals surface area contributed by atoms with Gasteiger partial charge in [0, 0.05) is 25.2 Å². The van der Waals surface area contributed by atoms with Gasteiger partial charge in [0.1, 0.15) is 23.9 Å². The van der Waals surface area contributed by atoms with E-state index in [2.05, 4.69) is 20.4 Å². The van der Waals surface area contributed by atoms with Gasteiger partial charge in [0.15, 0.2) is 17.5 Å². The molecule has 1 aliphatic rings. The van der Waals surface area contributed by atoms with Gasteiger partial charge in [-0.05, 0) is 30.3 Å². The molecule has 1 heterocycles. The van der Waals surface area contributed by atoms with Crippen molar-refractivity contribution in [3.05, 3.63) is 42.0 Å². The molecule has 0 aromatic heterocycles. The van der Waals surface area contributed by atoms with Crippen LogP contribution in [0.5, 0.6) is 28.7 Å². The van der Waals surface area contributed by atoms with E-state index in [-0.39, 0.29) is 19.1 Å². The van der Waals surface area contributed by atoms with Gasteiger partial charge in [-0.1, -0.05) is 0 Å². The fraction of sp³-hybridized carbons (Fsp3) is 0.350. The van der Waals surface area contributed by atoms with Crippen LogP contribution >= 0.6 is 0 Å². The van der Waals surface area contributed by atoms with Crippen LogP contribution in [-0.4, -0.2) is 46.7 Å². The number of alkyl halides is 2. The average Bonchev–Trinajstić information content (AvgIpc) is 3.21. The predicted octanol–water partition coefficient (Wildman–Crippen LogP) is 2.77. The van der Waals surface area contributed by atoms with E-state index in [0.29, 0.717) is 47.7 Å². The zero-order valence-corrected chi connectivity index (χ0v) is 16.6. The minimum atomic E-state index is -2.91. The van der Waals surface area contributed by atoms with E-state index < -0.39 is 6.61 Å². The van der Waals surface area contributed by atoms with Gasteiger partial charge in [-0.25, -0.2) is 0 Å². The second-order valence-corrected chi connectivity index (χ2v) is 6.07. The molecule has 3 rings (SSSR count). The van der Waals surface area contributed by atoms with Crippen LogP contribution < -0.4 is 34.3 Å². The Hall–Kier alpha value is -3.43. The maximum Gasteiger partial charge on any atom is 0.387 e. The number of halogens is 2. The molecule has 0 amide bonds. The molecule has 0 spiro atoms. The first-order valence-electron chi connectivity index (χ1n) is 9.17. The van der Waals surface area contributed by atoms with E-state index >= 15 is 0 Å². The Kier molecular flexibility index (Phi) is 7.36. The first-order valence-corrected chi connectivity index (χ1v) is 9.17. The zero-order chi connectivity index (χ0) is 21.3. The Morgan fingerprint density at radius 3 is 2.67 bits per heavy atom. The number of nitrogens with one attached hydrogen (secondary N) is 2. The average molecular weight is 423 g/mol. The molecule has 10 heteroatoms. The van der Waals surface area contributed by atoms with E-state index in [1.165, 1.54) is 13.2 Å². The van der Waals surface area contributed by atoms with Gasteiger partial charge in [-0.15, -0.1) is 0 Å². The lowest BCUT2D eigenvalue weighted by Gasteiger charge is -2.15. The van der Waals surface area contributed by atoms with E-state index in [4.69, 9.17) is 18.9 Å². The topological polar surface area (TPSA) is 82.6 Å². The van der Waals surface area contributed by atoms with Crippen LogP contribution in [0.4, 0.5) is 8.78 Å². The number of methoxy groups -OCH3 is 1. The molecule has 2 N–H and O–H groups in total. The van der Waals surface area contributed by atoms with Crippen LogP contribution in [0.1, 0.15) is 5.56 Å². The van der Waals surface area contributed by atoms with Gasteiger partial charge in [0.2, 0.25) is 6.79 Å². The Morgan fingerprint density at radius 1 is 1.10 bits per heavy atom. The number of fused-ring (bicyclic) bond motifs is 1. The first-order chi connectivity index (χ1) is 14.6. The lowest BCUT2D eigenvalue weighted by molar-refractivity contribution is -0.0505. The third-order valence-electron chi connectivity index (χ3n) is 4.16. The molecule has 0 unspecified atom stereocenters. The highest BCUT2D eigenvalue weighted by Gasteiger charge is 2.14. The third kappa shape index (κ3) is 5.79. The molecular formula is C20H23F2N3O5. The summed E-state index contributed by atoms with van der Waals surface area (Å²) in [5.74, 6) is 3.09. The van der Waals surface area contributed by atoms with E-state index in [1.807, 2.05) is 0 Å². The quantitative estimate of drug-likeness (QED) is 0.365. The van der Waals surface area contributed by atoms with Gasteiger partial charge >= 0.3 is 6.61 Å². The normalized spacial score (nSPS) is 12.6. The van der Waals surface area contributed by atoms with Crippen LogP contribution in [0.3, 0.4) is 0 Å². The van der Waals surface area contributed by atoms with Gasteiger partial charge in [0.05, 0.1) is 13.7 Å². The summed E-state index contributed by atoms with van der Waals surface area (Å²) in [7, 11) is 3.11. The number of rotatable bonds is 9. The number of ether oxygens (including phenoxy) is 5. The SMILES string of the molecule is CN=C(NCCOc1ccc2c(c1)OCO2)NCc1cc(OC)ccc1OC(F)F. The number of nitrogens with zero attached hydrogens (tertiary/aromatic N) is 1. The van der Waals surface area contributed by atoms with Crippen molar-refractivity contribution in [3.63, 3.8) is 0 Å². The van der Waals surface area contributed by atoms with Crippen LogP contribution in [-0.2, 0) is 6.54 Å². The van der Waals surface area contributed by atoms with Gasteiger partial charge in [-0.3, -0.25) is 4.99 Å². The van der Waals surface area contributed by atoms with Gasteiger partial charge in [0.25, 0.3) is 0 Å². The van der Waals surface area contributed by atoms with Gasteiger partial charge < -0.3 is 34.3 Å². The largest absolute Gasteiger partial charge is 0.497 e. The Morgan fingerprint density at radius 2 is 1.90 bits per heavy atom. The summed E-state index contributed by atoms with van der Waals surface area (Å²) in [6.45, 7) is -1.66. The zero-order valence-electron chi connectivity index (χ0n) is 16.6. The standard InChI is InChI=1S/C20H23F2N3O5/c1-23-20(24-7-8-27-15-4-6-17-18(10-15)29-12-28-17)25-11-13-9-14(26-2)3-5-16(13)30-19(21)22/h3-6,9-10,19H,7-8,11-12H2,1-2H3,(H2,23,24,25). The highest BCUT2D eigenvalue weighted by atomic mass is 19.3. The molecule has 2 aromatic rings. The highest BCUT2D eigenvalue weighted by Crippen LogP contribution is 2.35. The summed E-state index contributed by atoms with van der Waals surface area (Å²) in [5.41, 5.74) is 0.509. The summed E-state index contributed by atoms with van der Waals surface area (Å²) in [5, 5.41) is 6.14. The predicted molar refractivity (Wildman–Crippen MR) is 106 cm³/mol. The van der Waals surface area contributed by atoms with Crippen LogP contribution in [0, 0.1) is 0 Å². The maximum atomic E-state index is 12.6. The molecule has 0 radical (unpaired) electrons. The maximum absolute atomic E-state index is 12.6. The lowest BCUT2D eigenvalue weighted by atomic mass is 10.2. The summed E-state index contributed by atoms with van der Waals surface area (Å²) in [6, 6.07) is 9.98. The Balaban J connectivity index is 1.48. The van der Waals surface area contributed by atoms with Crippen LogP contribution in [0.2, 0.25) is 0 Å². The number of guanidine groups is 1. The van der Waals surface area contributed by atoms with E-state index in [9.17, 15) is 8.78 Å². The molecule has 0 saturated heterocycles. The molecule has 0 atom stereocenters. The fourth-order valence-corrected chi connectivity index (χ4v) is 2.74. The molecule has 162 valence electrons. The second kappa shape index (κ2) is 10.4. The molecule has 0 fully saturated rings. The monoisotopic (exact) mass is 423 g/mol. The number of aliphatic imine (C=N–C) groups is 1. The first kappa shape index (κ1) is 21.3. The number of benzene rings is 2. The molecule has 30 heavy (non-hydrogen) atoms. The van der Waals surface area contributed by atoms with Crippen molar-refractivity contribution in [1.82, 2.24) is 10.6 Å². The minimum absolute atomic E-state index is 0.0693. The van der Waals surface area contributed by atoms with Crippen LogP contribution in [0.25, 0.3) is 0 Å². The third-order valence-corrected chi connectivity index (χ3v) is 4.16. The lowest BCUT2D eigenvalue weighted by Crippen LogP contribution is -2.39. The van der Waals surface area contributed by atoms with Crippen molar-refractivity contribution < 1.29 is 32.5 Å². The smallest absolute Gasteiger partial charge is 0.387 e. The van der Waals surface area contributed by atoms with Crippen molar-refractivity contribution in [2.75, 3.05) is 34.1 Å². The van der Waals surface area contributed by atoms with E-state index in [0.717, 1.165) is 0 Å². The minimum Gasteiger partial charge on any atom is -0.497 e. The van der Waals surface area contributed by atoms with Crippen molar-refractivity contribution in [3.8, 4) is 28.7 Å². The summed E-state index contributed by atoms with van der Waals surface area (Å²) < 4.78 is 51.2. The van der Waals surface area contributed by atoms with E-state index in [1.54, 1.807) is 37.4 Å². The summed E-state index contributed by atoms with van der Waals surface area (Å²) in [6.07, 6.45) is 0. The van der Waals surface area contributed by atoms with Crippen molar-refractivity contribution in [2.45, 2.75) is 13.2 Å². The highest BCUT2D eigenvalue weighted by molar-refractivity contribution is 5.79.